The van der Waals surface area contributed by atoms with Crippen LogP contribution >= 0.6 is 0 Å². The number of nitrogens with zero attached hydrogens (tertiary/aromatic N) is 3. The Hall–Kier alpha value is -3.34. The van der Waals surface area contributed by atoms with Gasteiger partial charge in [-0.25, -0.2) is 0 Å². The zero-order chi connectivity index (χ0) is 19.8. The van der Waals surface area contributed by atoms with Crippen LogP contribution in [0.2, 0.25) is 0 Å². The van der Waals surface area contributed by atoms with Crippen molar-refractivity contribution < 1.29 is 4.79 Å². The standard InChI is InChI=1S/C24H24N4O/c1-27-19(13-14-25-27)16-28(18-11-12-18)23(29)15-21-20-9-5-6-10-22(20)26-24(21)17-7-3-2-4-8-17/h2-10,13-14,18,26H,11-12,15-16H2,1H3. The Labute approximate surface area is 170 Å². The van der Waals surface area contributed by atoms with E-state index >= 15 is 0 Å². The van der Waals surface area contributed by atoms with Crippen molar-refractivity contribution in [1.29, 1.82) is 0 Å². The van der Waals surface area contributed by atoms with Crippen molar-refractivity contribution in [3.05, 3.63) is 78.1 Å². The summed E-state index contributed by atoms with van der Waals surface area (Å²) in [6.07, 6.45) is 4.35. The van der Waals surface area contributed by atoms with Gasteiger partial charge < -0.3 is 9.88 Å². The summed E-state index contributed by atoms with van der Waals surface area (Å²) in [6, 6.07) is 20.8. The minimum absolute atomic E-state index is 0.177. The number of fused-ring (bicyclic) bond motifs is 1. The molecule has 2 aromatic carbocycles. The number of hydrogen-bond acceptors (Lipinski definition) is 2. The van der Waals surface area contributed by atoms with Crippen LogP contribution in [0.1, 0.15) is 24.1 Å². The van der Waals surface area contributed by atoms with Gasteiger partial charge in [0.25, 0.3) is 0 Å². The minimum atomic E-state index is 0.177. The number of aromatic amines is 1. The van der Waals surface area contributed by atoms with E-state index in [4.69, 9.17) is 0 Å². The van der Waals surface area contributed by atoms with E-state index in [0.29, 0.717) is 19.0 Å². The highest BCUT2D eigenvalue weighted by Crippen LogP contribution is 2.33. The highest BCUT2D eigenvalue weighted by molar-refractivity contribution is 5.95. The van der Waals surface area contributed by atoms with E-state index in [1.807, 2.05) is 53.0 Å². The van der Waals surface area contributed by atoms with E-state index in [1.165, 1.54) is 0 Å². The molecule has 146 valence electrons. The van der Waals surface area contributed by atoms with Crippen molar-refractivity contribution in [1.82, 2.24) is 19.7 Å². The lowest BCUT2D eigenvalue weighted by Crippen LogP contribution is -2.34. The van der Waals surface area contributed by atoms with Crippen LogP contribution in [0.5, 0.6) is 0 Å². The Morgan fingerprint density at radius 3 is 2.59 bits per heavy atom. The van der Waals surface area contributed by atoms with Gasteiger partial charge in [0.1, 0.15) is 0 Å². The maximum Gasteiger partial charge on any atom is 0.227 e. The number of H-pyrrole nitrogens is 1. The molecule has 2 aromatic heterocycles. The molecule has 5 nitrogen and oxygen atoms in total. The van der Waals surface area contributed by atoms with Crippen molar-refractivity contribution >= 4 is 16.8 Å². The highest BCUT2D eigenvalue weighted by Gasteiger charge is 2.33. The lowest BCUT2D eigenvalue weighted by molar-refractivity contribution is -0.131. The van der Waals surface area contributed by atoms with Crippen LogP contribution < -0.4 is 0 Å². The molecule has 5 heteroatoms. The molecule has 1 aliphatic carbocycles. The molecule has 0 unspecified atom stereocenters. The summed E-state index contributed by atoms with van der Waals surface area (Å²) in [6.45, 7) is 0.614. The second-order valence-electron chi connectivity index (χ2n) is 7.77. The van der Waals surface area contributed by atoms with Crippen LogP contribution in [-0.4, -0.2) is 31.6 Å². The summed E-state index contributed by atoms with van der Waals surface area (Å²) in [5.41, 5.74) is 5.35. The first-order valence-corrected chi connectivity index (χ1v) is 10.1. The van der Waals surface area contributed by atoms with Gasteiger partial charge in [0.05, 0.1) is 24.4 Å². The molecule has 4 aromatic rings. The lowest BCUT2D eigenvalue weighted by atomic mass is 10.0. The summed E-state index contributed by atoms with van der Waals surface area (Å²) in [5, 5.41) is 5.37. The van der Waals surface area contributed by atoms with Crippen LogP contribution in [0.15, 0.2) is 66.9 Å². The predicted octanol–water partition coefficient (Wildman–Crippen LogP) is 4.30. The van der Waals surface area contributed by atoms with Gasteiger partial charge in [0, 0.05) is 30.2 Å². The van der Waals surface area contributed by atoms with E-state index in [0.717, 1.165) is 46.3 Å². The van der Waals surface area contributed by atoms with E-state index in [1.54, 1.807) is 6.20 Å². The van der Waals surface area contributed by atoms with Crippen molar-refractivity contribution in [3.63, 3.8) is 0 Å². The zero-order valence-electron chi connectivity index (χ0n) is 16.5. The summed E-state index contributed by atoms with van der Waals surface area (Å²) >= 11 is 0. The first kappa shape index (κ1) is 17.7. The van der Waals surface area contributed by atoms with Gasteiger partial charge in [-0.2, -0.15) is 5.10 Å². The molecule has 0 saturated heterocycles. The highest BCUT2D eigenvalue weighted by atomic mass is 16.2. The smallest absolute Gasteiger partial charge is 0.227 e. The number of amides is 1. The summed E-state index contributed by atoms with van der Waals surface area (Å²) in [7, 11) is 1.93. The Morgan fingerprint density at radius 1 is 1.10 bits per heavy atom. The Morgan fingerprint density at radius 2 is 1.86 bits per heavy atom. The number of carbonyl (C=O) groups is 1. The maximum atomic E-state index is 13.4. The molecule has 0 atom stereocenters. The van der Waals surface area contributed by atoms with Gasteiger partial charge in [-0.05, 0) is 36.1 Å². The maximum absolute atomic E-state index is 13.4. The van der Waals surface area contributed by atoms with E-state index < -0.39 is 0 Å². The van der Waals surface area contributed by atoms with Crippen LogP contribution in [0.3, 0.4) is 0 Å². The summed E-state index contributed by atoms with van der Waals surface area (Å²) < 4.78 is 1.85. The number of nitrogens with one attached hydrogen (secondary N) is 1. The van der Waals surface area contributed by atoms with Gasteiger partial charge >= 0.3 is 0 Å². The SMILES string of the molecule is Cn1nccc1CN(C(=O)Cc1c(-c2ccccc2)[nH]c2ccccc12)C1CC1. The van der Waals surface area contributed by atoms with Crippen molar-refractivity contribution in [2.75, 3.05) is 0 Å². The molecule has 5 rings (SSSR count). The fraction of sp³-hybridized carbons (Fsp3) is 0.250. The number of aryl methyl sites for hydroxylation is 1. The number of hydrogen-bond donors (Lipinski definition) is 1. The van der Waals surface area contributed by atoms with Gasteiger partial charge in [0.2, 0.25) is 5.91 Å². The number of carbonyl (C=O) groups excluding carboxylic acids is 1. The van der Waals surface area contributed by atoms with Crippen LogP contribution in [0.25, 0.3) is 22.2 Å². The molecular formula is C24H24N4O. The zero-order valence-corrected chi connectivity index (χ0v) is 16.5. The van der Waals surface area contributed by atoms with Crippen molar-refractivity contribution in [2.45, 2.75) is 31.8 Å². The fourth-order valence-corrected chi connectivity index (χ4v) is 4.03. The van der Waals surface area contributed by atoms with Gasteiger partial charge in [-0.3, -0.25) is 9.48 Å². The lowest BCUT2D eigenvalue weighted by Gasteiger charge is -2.23. The second-order valence-corrected chi connectivity index (χ2v) is 7.77. The van der Waals surface area contributed by atoms with Gasteiger partial charge in [0.15, 0.2) is 0 Å². The average molecular weight is 384 g/mol. The molecule has 2 heterocycles. The third-order valence-electron chi connectivity index (χ3n) is 5.77. The normalized spacial score (nSPS) is 13.7. The van der Waals surface area contributed by atoms with Crippen LogP contribution in [-0.2, 0) is 24.8 Å². The molecule has 0 radical (unpaired) electrons. The van der Waals surface area contributed by atoms with E-state index in [9.17, 15) is 4.79 Å². The quantitative estimate of drug-likeness (QED) is 0.539. The van der Waals surface area contributed by atoms with Crippen molar-refractivity contribution in [3.8, 4) is 11.3 Å². The monoisotopic (exact) mass is 384 g/mol. The van der Waals surface area contributed by atoms with Crippen molar-refractivity contribution in [2.24, 2.45) is 7.05 Å². The number of aromatic nitrogens is 3. The molecule has 1 fully saturated rings. The van der Waals surface area contributed by atoms with E-state index in [-0.39, 0.29) is 5.91 Å². The molecule has 0 spiro atoms. The molecule has 0 bridgehead atoms. The largest absolute Gasteiger partial charge is 0.354 e. The fourth-order valence-electron chi connectivity index (χ4n) is 4.03. The number of benzene rings is 2. The molecule has 1 aliphatic rings. The average Bonchev–Trinajstić information content (AvgIpc) is 3.41. The number of rotatable bonds is 6. The Balaban J connectivity index is 1.50. The molecule has 0 aliphatic heterocycles. The molecule has 1 saturated carbocycles. The first-order chi connectivity index (χ1) is 14.2. The van der Waals surface area contributed by atoms with Gasteiger partial charge in [-0.15, -0.1) is 0 Å². The minimum Gasteiger partial charge on any atom is -0.354 e. The Bertz CT molecular complexity index is 1150. The molecule has 1 amide bonds. The predicted molar refractivity (Wildman–Crippen MR) is 114 cm³/mol. The van der Waals surface area contributed by atoms with Crippen LogP contribution in [0.4, 0.5) is 0 Å². The van der Waals surface area contributed by atoms with Crippen LogP contribution in [0, 0.1) is 0 Å². The third-order valence-corrected chi connectivity index (χ3v) is 5.77. The molecule has 1 N–H and O–H groups in total. The number of para-hydroxylation sites is 1. The first-order valence-electron chi connectivity index (χ1n) is 10.1. The summed E-state index contributed by atoms with van der Waals surface area (Å²) in [4.78, 5) is 19.0. The second kappa shape index (κ2) is 7.24. The third kappa shape index (κ3) is 3.44. The van der Waals surface area contributed by atoms with Gasteiger partial charge in [-0.1, -0.05) is 48.5 Å². The summed E-state index contributed by atoms with van der Waals surface area (Å²) in [5.74, 6) is 0.177. The topological polar surface area (TPSA) is 53.9 Å². The molecule has 29 heavy (non-hydrogen) atoms. The van der Waals surface area contributed by atoms with E-state index in [2.05, 4.69) is 34.3 Å². The molecular weight excluding hydrogens is 360 g/mol. The Kier molecular flexibility index (Phi) is 4.43.